The molecule has 2 N–H and O–H groups in total. The Bertz CT molecular complexity index is 698. The molecule has 0 saturated heterocycles. The van der Waals surface area contributed by atoms with E-state index in [9.17, 15) is 9.90 Å². The van der Waals surface area contributed by atoms with Gasteiger partial charge in [-0.25, -0.2) is 0 Å². The van der Waals surface area contributed by atoms with Crippen molar-refractivity contribution in [2.24, 2.45) is 0 Å². The molecule has 0 fully saturated rings. The van der Waals surface area contributed by atoms with E-state index in [0.717, 1.165) is 16.7 Å². The number of halogens is 1. The molecule has 0 atom stereocenters. The van der Waals surface area contributed by atoms with Crippen LogP contribution in [0.4, 0.5) is 0 Å². The fourth-order valence-corrected chi connectivity index (χ4v) is 2.32. The Morgan fingerprint density at radius 1 is 1.24 bits per heavy atom. The van der Waals surface area contributed by atoms with Gasteiger partial charge in [0.1, 0.15) is 11.5 Å². The van der Waals surface area contributed by atoms with Crippen LogP contribution >= 0.6 is 11.6 Å². The van der Waals surface area contributed by atoms with Crippen LogP contribution in [-0.2, 0) is 0 Å². The molecule has 0 aliphatic rings. The highest BCUT2D eigenvalue weighted by Crippen LogP contribution is 2.37. The van der Waals surface area contributed by atoms with Crippen LogP contribution < -0.4 is 10.1 Å². The monoisotopic (exact) mass is 305 g/mol. The summed E-state index contributed by atoms with van der Waals surface area (Å²) in [5.41, 5.74) is 2.92. The quantitative estimate of drug-likeness (QED) is 0.914. The molecule has 1 amide bonds. The van der Waals surface area contributed by atoms with Gasteiger partial charge in [-0.2, -0.15) is 0 Å². The summed E-state index contributed by atoms with van der Waals surface area (Å²) >= 11 is 5.99. The molecule has 0 saturated carbocycles. The number of benzene rings is 2. The van der Waals surface area contributed by atoms with Gasteiger partial charge in [-0.1, -0.05) is 11.6 Å². The SMILES string of the molecule is CNC(=O)c1ccc(OC)c(-c2cc(Cl)c(O)cc2C)c1. The zero-order valence-electron chi connectivity index (χ0n) is 12.0. The Morgan fingerprint density at radius 3 is 2.57 bits per heavy atom. The molecular weight excluding hydrogens is 290 g/mol. The number of hydrogen-bond donors (Lipinski definition) is 2. The Hall–Kier alpha value is -2.20. The van der Waals surface area contributed by atoms with Crippen LogP contribution in [0.5, 0.6) is 11.5 Å². The minimum absolute atomic E-state index is 0.0272. The molecule has 0 heterocycles. The van der Waals surface area contributed by atoms with Crippen LogP contribution in [0.15, 0.2) is 30.3 Å². The Morgan fingerprint density at radius 2 is 1.95 bits per heavy atom. The maximum Gasteiger partial charge on any atom is 0.251 e. The van der Waals surface area contributed by atoms with Crippen molar-refractivity contribution in [2.45, 2.75) is 6.92 Å². The average molecular weight is 306 g/mol. The van der Waals surface area contributed by atoms with Crippen molar-refractivity contribution in [3.8, 4) is 22.6 Å². The summed E-state index contributed by atoms with van der Waals surface area (Å²) in [6, 6.07) is 8.42. The third-order valence-corrected chi connectivity index (χ3v) is 3.58. The lowest BCUT2D eigenvalue weighted by molar-refractivity contribution is 0.0963. The third-order valence-electron chi connectivity index (χ3n) is 3.27. The number of methoxy groups -OCH3 is 1. The van der Waals surface area contributed by atoms with Crippen LogP contribution in [0.25, 0.3) is 11.1 Å². The van der Waals surface area contributed by atoms with Crippen molar-refractivity contribution in [1.82, 2.24) is 5.32 Å². The van der Waals surface area contributed by atoms with Gasteiger partial charge in [0, 0.05) is 18.2 Å². The molecule has 0 aromatic heterocycles. The topological polar surface area (TPSA) is 58.6 Å². The lowest BCUT2D eigenvalue weighted by Gasteiger charge is -2.13. The van der Waals surface area contributed by atoms with Crippen molar-refractivity contribution in [3.05, 3.63) is 46.5 Å². The summed E-state index contributed by atoms with van der Waals surface area (Å²) in [6.07, 6.45) is 0. The average Bonchev–Trinajstić information content (AvgIpc) is 2.49. The number of amides is 1. The van der Waals surface area contributed by atoms with Gasteiger partial charge < -0.3 is 15.2 Å². The van der Waals surface area contributed by atoms with E-state index in [4.69, 9.17) is 16.3 Å². The molecule has 0 radical (unpaired) electrons. The van der Waals surface area contributed by atoms with Gasteiger partial charge in [-0.05, 0) is 48.4 Å². The smallest absolute Gasteiger partial charge is 0.251 e. The molecule has 21 heavy (non-hydrogen) atoms. The van der Waals surface area contributed by atoms with Gasteiger partial charge in [0.15, 0.2) is 0 Å². The summed E-state index contributed by atoms with van der Waals surface area (Å²) in [6.45, 7) is 1.86. The molecule has 0 unspecified atom stereocenters. The Kier molecular flexibility index (Phi) is 4.38. The second kappa shape index (κ2) is 6.06. The summed E-state index contributed by atoms with van der Waals surface area (Å²) in [7, 11) is 3.14. The van der Waals surface area contributed by atoms with Gasteiger partial charge in [-0.3, -0.25) is 4.79 Å². The van der Waals surface area contributed by atoms with Crippen LogP contribution in [0.1, 0.15) is 15.9 Å². The van der Waals surface area contributed by atoms with E-state index in [2.05, 4.69) is 5.32 Å². The third kappa shape index (κ3) is 2.95. The van der Waals surface area contributed by atoms with Crippen molar-refractivity contribution >= 4 is 17.5 Å². The summed E-state index contributed by atoms with van der Waals surface area (Å²) in [5, 5.41) is 12.5. The van der Waals surface area contributed by atoms with Crippen LogP contribution in [0.3, 0.4) is 0 Å². The minimum Gasteiger partial charge on any atom is -0.506 e. The van der Waals surface area contributed by atoms with E-state index in [0.29, 0.717) is 11.3 Å². The van der Waals surface area contributed by atoms with Crippen LogP contribution in [-0.4, -0.2) is 25.2 Å². The van der Waals surface area contributed by atoms with Gasteiger partial charge in [0.05, 0.1) is 12.1 Å². The van der Waals surface area contributed by atoms with Crippen molar-refractivity contribution in [1.29, 1.82) is 0 Å². The normalized spacial score (nSPS) is 10.3. The summed E-state index contributed by atoms with van der Waals surface area (Å²) in [4.78, 5) is 11.8. The van der Waals surface area contributed by atoms with Crippen LogP contribution in [0, 0.1) is 6.92 Å². The highest BCUT2D eigenvalue weighted by molar-refractivity contribution is 6.32. The first-order valence-corrected chi connectivity index (χ1v) is 6.75. The molecule has 2 aromatic rings. The number of hydrogen-bond acceptors (Lipinski definition) is 3. The minimum atomic E-state index is -0.179. The predicted molar refractivity (Wildman–Crippen MR) is 83.2 cm³/mol. The first kappa shape index (κ1) is 15.2. The number of nitrogens with one attached hydrogen (secondary N) is 1. The number of carbonyl (C=O) groups is 1. The first-order chi connectivity index (χ1) is 9.97. The van der Waals surface area contributed by atoms with Gasteiger partial charge in [0.25, 0.3) is 5.91 Å². The lowest BCUT2D eigenvalue weighted by atomic mass is 9.97. The van der Waals surface area contributed by atoms with E-state index in [1.165, 1.54) is 0 Å². The van der Waals surface area contributed by atoms with Gasteiger partial charge in [-0.15, -0.1) is 0 Å². The van der Waals surface area contributed by atoms with E-state index in [-0.39, 0.29) is 16.7 Å². The first-order valence-electron chi connectivity index (χ1n) is 6.37. The second-order valence-electron chi connectivity index (χ2n) is 4.61. The van der Waals surface area contributed by atoms with Gasteiger partial charge >= 0.3 is 0 Å². The van der Waals surface area contributed by atoms with E-state index in [1.54, 1.807) is 44.5 Å². The summed E-state index contributed by atoms with van der Waals surface area (Å²) < 4.78 is 5.36. The van der Waals surface area contributed by atoms with E-state index in [1.807, 2.05) is 6.92 Å². The fourth-order valence-electron chi connectivity index (χ4n) is 2.16. The fraction of sp³-hybridized carbons (Fsp3) is 0.188. The molecule has 110 valence electrons. The van der Waals surface area contributed by atoms with Crippen molar-refractivity contribution in [2.75, 3.05) is 14.2 Å². The van der Waals surface area contributed by atoms with Crippen molar-refractivity contribution < 1.29 is 14.6 Å². The Labute approximate surface area is 128 Å². The molecule has 0 aliphatic carbocycles. The highest BCUT2D eigenvalue weighted by Gasteiger charge is 2.14. The van der Waals surface area contributed by atoms with Crippen molar-refractivity contribution in [3.63, 3.8) is 0 Å². The molecule has 2 aromatic carbocycles. The zero-order chi connectivity index (χ0) is 15.6. The van der Waals surface area contributed by atoms with Crippen LogP contribution in [0.2, 0.25) is 5.02 Å². The Balaban J connectivity index is 2.66. The van der Waals surface area contributed by atoms with Gasteiger partial charge in [0.2, 0.25) is 0 Å². The lowest BCUT2D eigenvalue weighted by Crippen LogP contribution is -2.17. The zero-order valence-corrected chi connectivity index (χ0v) is 12.8. The number of ether oxygens (including phenoxy) is 1. The maximum atomic E-state index is 11.8. The summed E-state index contributed by atoms with van der Waals surface area (Å²) in [5.74, 6) is 0.480. The number of phenols is 1. The number of aromatic hydroxyl groups is 1. The second-order valence-corrected chi connectivity index (χ2v) is 5.02. The molecular formula is C16H16ClNO3. The molecule has 0 bridgehead atoms. The van der Waals surface area contributed by atoms with E-state index < -0.39 is 0 Å². The van der Waals surface area contributed by atoms with E-state index >= 15 is 0 Å². The number of aryl methyl sites for hydroxylation is 1. The molecule has 5 heteroatoms. The predicted octanol–water partition coefficient (Wildman–Crippen LogP) is 3.39. The number of carbonyl (C=O) groups excluding carboxylic acids is 1. The highest BCUT2D eigenvalue weighted by atomic mass is 35.5. The number of rotatable bonds is 3. The largest absolute Gasteiger partial charge is 0.506 e. The standard InChI is InChI=1S/C16H16ClNO3/c1-9-6-14(19)13(17)8-11(9)12-7-10(16(20)18-2)4-5-15(12)21-3/h4-8,19H,1-3H3,(H,18,20). The molecule has 0 aliphatic heterocycles. The molecule has 0 spiro atoms. The number of phenolic OH excluding ortho intramolecular Hbond substituents is 1. The maximum absolute atomic E-state index is 11.8. The molecule has 2 rings (SSSR count). The molecule has 4 nitrogen and oxygen atoms in total.